The number of nitrogens with one attached hydrogen (secondary N) is 1. The molecule has 10 heteroatoms. The number of anilines is 1. The highest BCUT2D eigenvalue weighted by molar-refractivity contribution is 5.87. The Labute approximate surface area is 271 Å². The van der Waals surface area contributed by atoms with E-state index in [0.717, 1.165) is 37.7 Å². The Morgan fingerprint density at radius 1 is 1.09 bits per heavy atom. The third-order valence-corrected chi connectivity index (χ3v) is 9.52. The third-order valence-electron chi connectivity index (χ3n) is 9.52. The Bertz CT molecular complexity index is 1550. The Kier molecular flexibility index (Phi) is 9.96. The number of aliphatic carboxylic acids is 1. The summed E-state index contributed by atoms with van der Waals surface area (Å²) in [5, 5.41) is 14.6. The number of methoxy groups -OCH3 is 1. The number of amides is 1. The Morgan fingerprint density at radius 2 is 1.80 bits per heavy atom. The van der Waals surface area contributed by atoms with Crippen molar-refractivity contribution in [3.63, 3.8) is 0 Å². The van der Waals surface area contributed by atoms with E-state index in [1.165, 1.54) is 13.2 Å². The monoisotopic (exact) mass is 631 g/mol. The average Bonchev–Trinajstić information content (AvgIpc) is 3.40. The number of pyridine rings is 2. The molecule has 3 aromatic rings. The molecule has 246 valence electrons. The molecular weight excluding hydrogens is 585 g/mol. The van der Waals surface area contributed by atoms with Crippen molar-refractivity contribution in [3.8, 4) is 17.0 Å². The summed E-state index contributed by atoms with van der Waals surface area (Å²) in [7, 11) is 5.34. The van der Waals surface area contributed by atoms with Crippen LogP contribution >= 0.6 is 0 Å². The molecule has 5 rings (SSSR count). The number of carboxylic acids is 1. The molecule has 1 aliphatic carbocycles. The molecule has 3 heterocycles. The molecule has 1 aromatic carbocycles. The number of halogens is 1. The molecule has 1 saturated heterocycles. The first kappa shape index (κ1) is 33.3. The summed E-state index contributed by atoms with van der Waals surface area (Å²) in [6.07, 6.45) is 7.80. The largest absolute Gasteiger partial charge is 0.481 e. The van der Waals surface area contributed by atoms with Crippen LogP contribution in [0.15, 0.2) is 54.9 Å². The molecule has 0 radical (unpaired) electrons. The van der Waals surface area contributed by atoms with Crippen molar-refractivity contribution in [1.29, 1.82) is 0 Å². The van der Waals surface area contributed by atoms with Gasteiger partial charge in [0.2, 0.25) is 11.8 Å². The van der Waals surface area contributed by atoms with Crippen molar-refractivity contribution in [3.05, 3.63) is 71.8 Å². The lowest BCUT2D eigenvalue weighted by Crippen LogP contribution is -2.49. The van der Waals surface area contributed by atoms with Crippen LogP contribution in [0, 0.1) is 23.1 Å². The van der Waals surface area contributed by atoms with Gasteiger partial charge in [0, 0.05) is 73.2 Å². The maximum atomic E-state index is 14.8. The average molecular weight is 632 g/mol. The molecule has 2 N–H and O–H groups in total. The standard InChI is InChI=1S/C36H46FN5O4/c1-36(2,3)28-29(39-21-24-19-23(20-40-33(24)46-6)25-15-10-11-17-27(25)37)30(26-16-12-18-38-32(26)41(4)5)42(31(28)35(44)45)34(43)22-13-8-7-9-14-22/h10-12,15-20,22,28-31,39H,7-9,13-14,21H2,1-6H3,(H,44,45)/t28-,29-,30-,31-/m0/s1. The summed E-state index contributed by atoms with van der Waals surface area (Å²) in [4.78, 5) is 40.6. The van der Waals surface area contributed by atoms with Crippen molar-refractivity contribution in [2.75, 3.05) is 26.1 Å². The van der Waals surface area contributed by atoms with Gasteiger partial charge in [0.05, 0.1) is 13.2 Å². The van der Waals surface area contributed by atoms with E-state index in [2.05, 4.69) is 15.3 Å². The van der Waals surface area contributed by atoms with E-state index in [1.807, 2.05) is 58.0 Å². The van der Waals surface area contributed by atoms with Crippen LogP contribution in [0.1, 0.15) is 70.0 Å². The molecule has 9 nitrogen and oxygen atoms in total. The van der Waals surface area contributed by atoms with Crippen molar-refractivity contribution in [2.24, 2.45) is 17.3 Å². The maximum Gasteiger partial charge on any atom is 0.326 e. The van der Waals surface area contributed by atoms with Crippen molar-refractivity contribution < 1.29 is 23.8 Å². The number of hydrogen-bond acceptors (Lipinski definition) is 7. The highest BCUT2D eigenvalue weighted by atomic mass is 19.1. The molecule has 0 bridgehead atoms. The van der Waals surface area contributed by atoms with Crippen LogP contribution in [0.2, 0.25) is 0 Å². The number of hydrogen-bond donors (Lipinski definition) is 2. The van der Waals surface area contributed by atoms with Gasteiger partial charge >= 0.3 is 5.97 Å². The van der Waals surface area contributed by atoms with Gasteiger partial charge in [-0.25, -0.2) is 19.2 Å². The number of aromatic nitrogens is 2. The number of rotatable bonds is 9. The quantitative estimate of drug-likeness (QED) is 0.292. The van der Waals surface area contributed by atoms with Crippen molar-refractivity contribution >= 4 is 17.7 Å². The zero-order valence-electron chi connectivity index (χ0n) is 27.7. The summed E-state index contributed by atoms with van der Waals surface area (Å²) in [5.41, 5.74) is 2.00. The number of ether oxygens (including phenoxy) is 1. The first-order valence-electron chi connectivity index (χ1n) is 16.1. The maximum absolute atomic E-state index is 14.8. The molecule has 2 aliphatic rings. The van der Waals surface area contributed by atoms with E-state index in [4.69, 9.17) is 4.74 Å². The van der Waals surface area contributed by atoms with Gasteiger partial charge in [-0.15, -0.1) is 0 Å². The third kappa shape index (κ3) is 6.58. The number of carboxylic acid groups (broad SMARTS) is 1. The number of likely N-dealkylation sites (tertiary alicyclic amines) is 1. The minimum Gasteiger partial charge on any atom is -0.481 e. The Morgan fingerprint density at radius 3 is 2.43 bits per heavy atom. The lowest BCUT2D eigenvalue weighted by molar-refractivity contribution is -0.154. The summed E-state index contributed by atoms with van der Waals surface area (Å²) in [5.74, 6) is -1.11. The predicted octanol–water partition coefficient (Wildman–Crippen LogP) is 6.09. The van der Waals surface area contributed by atoms with Gasteiger partial charge in [0.15, 0.2) is 0 Å². The Balaban J connectivity index is 1.64. The fraction of sp³-hybridized carbons (Fsp3) is 0.500. The minimum absolute atomic E-state index is 0.106. The number of benzene rings is 1. The molecule has 46 heavy (non-hydrogen) atoms. The summed E-state index contributed by atoms with van der Waals surface area (Å²) in [6.45, 7) is 6.35. The van der Waals surface area contributed by atoms with E-state index in [9.17, 15) is 19.1 Å². The molecule has 2 fully saturated rings. The summed E-state index contributed by atoms with van der Waals surface area (Å²) >= 11 is 0. The number of carbonyl (C=O) groups is 2. The lowest BCUT2D eigenvalue weighted by atomic mass is 9.72. The second-order valence-electron chi connectivity index (χ2n) is 13.8. The summed E-state index contributed by atoms with van der Waals surface area (Å²) < 4.78 is 20.4. The van der Waals surface area contributed by atoms with E-state index < -0.39 is 35.4 Å². The SMILES string of the molecule is COc1ncc(-c2ccccc2F)cc1CN[C@H]1[C@H](C(C)(C)C)[C@@H](C(=O)O)N(C(=O)C2CCCCC2)[C@H]1c1cccnc1N(C)C. The van der Waals surface area contributed by atoms with Gasteiger partial charge in [-0.3, -0.25) is 4.79 Å². The molecule has 2 aromatic heterocycles. The van der Waals surface area contributed by atoms with Gasteiger partial charge in [-0.2, -0.15) is 0 Å². The van der Waals surface area contributed by atoms with Gasteiger partial charge in [-0.1, -0.05) is 64.3 Å². The van der Waals surface area contributed by atoms with Crippen LogP contribution in [0.4, 0.5) is 10.2 Å². The molecule has 1 aliphatic heterocycles. The van der Waals surface area contributed by atoms with Crippen LogP contribution in [-0.4, -0.2) is 65.1 Å². The molecule has 0 unspecified atom stereocenters. The fourth-order valence-corrected chi connectivity index (χ4v) is 7.51. The highest BCUT2D eigenvalue weighted by Crippen LogP contribution is 2.50. The first-order valence-corrected chi connectivity index (χ1v) is 16.1. The fourth-order valence-electron chi connectivity index (χ4n) is 7.51. The topological polar surface area (TPSA) is 108 Å². The molecule has 4 atom stereocenters. The molecule has 1 saturated carbocycles. The van der Waals surface area contributed by atoms with E-state index >= 15 is 0 Å². The van der Waals surface area contributed by atoms with Gasteiger partial charge in [-0.05, 0) is 36.5 Å². The van der Waals surface area contributed by atoms with Gasteiger partial charge in [0.25, 0.3) is 0 Å². The van der Waals surface area contributed by atoms with Crippen LogP contribution in [0.5, 0.6) is 5.88 Å². The van der Waals surface area contributed by atoms with E-state index in [-0.39, 0.29) is 24.2 Å². The molecule has 0 spiro atoms. The lowest BCUT2D eigenvalue weighted by Gasteiger charge is -2.36. The van der Waals surface area contributed by atoms with Crippen LogP contribution in [0.25, 0.3) is 11.1 Å². The predicted molar refractivity (Wildman–Crippen MR) is 176 cm³/mol. The zero-order valence-corrected chi connectivity index (χ0v) is 27.7. The highest BCUT2D eigenvalue weighted by Gasteiger charge is 2.59. The Hall–Kier alpha value is -4.05. The number of carbonyl (C=O) groups excluding carboxylic acids is 1. The first-order chi connectivity index (χ1) is 21.9. The molecule has 1 amide bonds. The van der Waals surface area contributed by atoms with Crippen LogP contribution < -0.4 is 15.0 Å². The van der Waals surface area contributed by atoms with Crippen LogP contribution in [-0.2, 0) is 16.1 Å². The second-order valence-corrected chi connectivity index (χ2v) is 13.8. The zero-order chi connectivity index (χ0) is 33.2. The van der Waals surface area contributed by atoms with E-state index in [1.54, 1.807) is 35.5 Å². The van der Waals surface area contributed by atoms with Crippen molar-refractivity contribution in [1.82, 2.24) is 20.2 Å². The molecular formula is C36H46FN5O4. The van der Waals surface area contributed by atoms with Gasteiger partial charge in [0.1, 0.15) is 17.7 Å². The van der Waals surface area contributed by atoms with Crippen molar-refractivity contribution in [2.45, 2.75) is 77.5 Å². The van der Waals surface area contributed by atoms with Gasteiger partial charge < -0.3 is 25.0 Å². The summed E-state index contributed by atoms with van der Waals surface area (Å²) in [6, 6.07) is 10.0. The normalized spacial score (nSPS) is 22.1. The second kappa shape index (κ2) is 13.7. The van der Waals surface area contributed by atoms with Crippen LogP contribution in [0.3, 0.4) is 0 Å². The minimum atomic E-state index is -1.06. The number of nitrogens with zero attached hydrogens (tertiary/aromatic N) is 4. The van der Waals surface area contributed by atoms with E-state index in [0.29, 0.717) is 28.4 Å². The smallest absolute Gasteiger partial charge is 0.326 e.